The van der Waals surface area contributed by atoms with Gasteiger partial charge in [0.15, 0.2) is 0 Å². The fourth-order valence-corrected chi connectivity index (χ4v) is 2.99. The third-order valence-corrected chi connectivity index (χ3v) is 4.25. The van der Waals surface area contributed by atoms with E-state index in [0.717, 1.165) is 28.3 Å². The molecule has 0 aliphatic carbocycles. The molecule has 0 amide bonds. The van der Waals surface area contributed by atoms with E-state index >= 15 is 0 Å². The SMILES string of the molecule is CSCc1ccc(CN[C@@H](C)c2ccccc2Br)o1. The van der Waals surface area contributed by atoms with Crippen LogP contribution in [0, 0.1) is 0 Å². The van der Waals surface area contributed by atoms with E-state index in [0.29, 0.717) is 0 Å². The van der Waals surface area contributed by atoms with Gasteiger partial charge in [-0.25, -0.2) is 0 Å². The second kappa shape index (κ2) is 7.17. The van der Waals surface area contributed by atoms with E-state index in [9.17, 15) is 0 Å². The fraction of sp³-hybridized carbons (Fsp3) is 0.333. The quantitative estimate of drug-likeness (QED) is 0.821. The minimum atomic E-state index is 0.282. The normalized spacial score (nSPS) is 12.6. The summed E-state index contributed by atoms with van der Waals surface area (Å²) in [4.78, 5) is 0. The van der Waals surface area contributed by atoms with E-state index in [1.54, 1.807) is 11.8 Å². The molecule has 0 aliphatic rings. The van der Waals surface area contributed by atoms with Crippen LogP contribution in [0.2, 0.25) is 0 Å². The molecule has 1 aromatic heterocycles. The van der Waals surface area contributed by atoms with Crippen molar-refractivity contribution >= 4 is 27.7 Å². The lowest BCUT2D eigenvalue weighted by atomic mass is 10.1. The molecule has 0 saturated carbocycles. The number of benzene rings is 1. The van der Waals surface area contributed by atoms with Gasteiger partial charge in [-0.1, -0.05) is 34.1 Å². The van der Waals surface area contributed by atoms with Crippen LogP contribution in [0.5, 0.6) is 0 Å². The Kier molecular flexibility index (Phi) is 5.55. The van der Waals surface area contributed by atoms with E-state index in [2.05, 4.69) is 58.7 Å². The molecule has 2 rings (SSSR count). The van der Waals surface area contributed by atoms with Gasteiger partial charge in [0, 0.05) is 10.5 Å². The average molecular weight is 340 g/mol. The largest absolute Gasteiger partial charge is 0.464 e. The van der Waals surface area contributed by atoms with Gasteiger partial charge in [0.2, 0.25) is 0 Å². The monoisotopic (exact) mass is 339 g/mol. The van der Waals surface area contributed by atoms with Crippen molar-refractivity contribution < 1.29 is 4.42 Å². The summed E-state index contributed by atoms with van der Waals surface area (Å²) in [5, 5.41) is 3.48. The Bertz CT molecular complexity index is 526. The van der Waals surface area contributed by atoms with Crippen molar-refractivity contribution in [2.24, 2.45) is 0 Å². The Hall–Kier alpha value is -0.710. The highest BCUT2D eigenvalue weighted by atomic mass is 79.9. The number of thioether (sulfide) groups is 1. The van der Waals surface area contributed by atoms with Gasteiger partial charge in [0.25, 0.3) is 0 Å². The topological polar surface area (TPSA) is 25.2 Å². The molecule has 1 heterocycles. The van der Waals surface area contributed by atoms with Gasteiger partial charge < -0.3 is 9.73 Å². The van der Waals surface area contributed by atoms with E-state index in [4.69, 9.17) is 4.42 Å². The maximum atomic E-state index is 5.75. The van der Waals surface area contributed by atoms with Crippen molar-refractivity contribution in [1.29, 1.82) is 0 Å². The van der Waals surface area contributed by atoms with Crippen molar-refractivity contribution in [2.75, 3.05) is 6.26 Å². The van der Waals surface area contributed by atoms with Crippen molar-refractivity contribution in [2.45, 2.75) is 25.3 Å². The molecule has 0 radical (unpaired) electrons. The summed E-state index contributed by atoms with van der Waals surface area (Å²) in [6.07, 6.45) is 2.08. The first-order chi connectivity index (χ1) is 9.20. The predicted octanol–water partition coefficient (Wildman–Crippen LogP) is 4.76. The number of nitrogens with one attached hydrogen (secondary N) is 1. The van der Waals surface area contributed by atoms with Gasteiger partial charge in [-0.3, -0.25) is 0 Å². The Morgan fingerprint density at radius 3 is 2.68 bits per heavy atom. The molecular formula is C15H18BrNOS. The smallest absolute Gasteiger partial charge is 0.118 e. The third kappa shape index (κ3) is 4.13. The number of hydrogen-bond donors (Lipinski definition) is 1. The highest BCUT2D eigenvalue weighted by molar-refractivity contribution is 9.10. The highest BCUT2D eigenvalue weighted by Gasteiger charge is 2.09. The number of halogens is 1. The van der Waals surface area contributed by atoms with Crippen LogP contribution >= 0.6 is 27.7 Å². The van der Waals surface area contributed by atoms with Crippen molar-refractivity contribution in [3.8, 4) is 0 Å². The second-order valence-electron chi connectivity index (χ2n) is 4.43. The number of rotatable bonds is 6. The van der Waals surface area contributed by atoms with E-state index in [-0.39, 0.29) is 6.04 Å². The van der Waals surface area contributed by atoms with Crippen LogP contribution in [-0.4, -0.2) is 6.26 Å². The molecule has 2 nitrogen and oxygen atoms in total. The van der Waals surface area contributed by atoms with E-state index in [1.165, 1.54) is 5.56 Å². The van der Waals surface area contributed by atoms with Crippen molar-refractivity contribution in [3.63, 3.8) is 0 Å². The van der Waals surface area contributed by atoms with Crippen LogP contribution in [0.4, 0.5) is 0 Å². The zero-order valence-electron chi connectivity index (χ0n) is 11.2. The van der Waals surface area contributed by atoms with Crippen LogP contribution < -0.4 is 5.32 Å². The standard InChI is InChI=1S/C15H18BrNOS/c1-11(14-5-3-4-6-15(14)16)17-9-12-7-8-13(18-12)10-19-2/h3-8,11,17H,9-10H2,1-2H3/t11-/m0/s1. The first kappa shape index (κ1) is 14.7. The summed E-state index contributed by atoms with van der Waals surface area (Å²) in [6, 6.07) is 12.7. The molecule has 1 aromatic carbocycles. The molecule has 102 valence electrons. The lowest BCUT2D eigenvalue weighted by Gasteiger charge is -2.14. The Balaban J connectivity index is 1.92. The lowest BCUT2D eigenvalue weighted by Crippen LogP contribution is -2.18. The first-order valence-electron chi connectivity index (χ1n) is 6.25. The minimum Gasteiger partial charge on any atom is -0.464 e. The molecule has 0 saturated heterocycles. The molecule has 19 heavy (non-hydrogen) atoms. The molecule has 0 fully saturated rings. The number of furan rings is 1. The summed E-state index contributed by atoms with van der Waals surface area (Å²) in [6.45, 7) is 2.91. The summed E-state index contributed by atoms with van der Waals surface area (Å²) in [5.41, 5.74) is 1.26. The predicted molar refractivity (Wildman–Crippen MR) is 85.3 cm³/mol. The molecule has 1 atom stereocenters. The van der Waals surface area contributed by atoms with Gasteiger partial charge in [0.05, 0.1) is 12.3 Å². The van der Waals surface area contributed by atoms with Gasteiger partial charge in [-0.15, -0.1) is 0 Å². The van der Waals surface area contributed by atoms with Gasteiger partial charge >= 0.3 is 0 Å². The van der Waals surface area contributed by atoms with Crippen LogP contribution in [0.1, 0.15) is 30.0 Å². The molecular weight excluding hydrogens is 322 g/mol. The lowest BCUT2D eigenvalue weighted by molar-refractivity contribution is 0.442. The molecule has 0 bridgehead atoms. The van der Waals surface area contributed by atoms with Gasteiger partial charge in [-0.2, -0.15) is 11.8 Å². The van der Waals surface area contributed by atoms with Gasteiger partial charge in [0.1, 0.15) is 11.5 Å². The molecule has 0 aliphatic heterocycles. The zero-order valence-corrected chi connectivity index (χ0v) is 13.6. The maximum absolute atomic E-state index is 5.75. The zero-order chi connectivity index (χ0) is 13.7. The molecule has 2 aromatic rings. The van der Waals surface area contributed by atoms with Crippen LogP contribution in [0.15, 0.2) is 45.3 Å². The van der Waals surface area contributed by atoms with Crippen LogP contribution in [0.25, 0.3) is 0 Å². The van der Waals surface area contributed by atoms with Gasteiger partial charge in [-0.05, 0) is 36.9 Å². The third-order valence-electron chi connectivity index (χ3n) is 2.96. The van der Waals surface area contributed by atoms with Crippen molar-refractivity contribution in [3.05, 3.63) is 58.0 Å². The van der Waals surface area contributed by atoms with Crippen molar-refractivity contribution in [1.82, 2.24) is 5.32 Å². The Morgan fingerprint density at radius 2 is 1.95 bits per heavy atom. The molecule has 1 N–H and O–H groups in total. The fourth-order valence-electron chi connectivity index (χ4n) is 1.93. The Morgan fingerprint density at radius 1 is 1.21 bits per heavy atom. The van der Waals surface area contributed by atoms with E-state index in [1.807, 2.05) is 12.1 Å². The second-order valence-corrected chi connectivity index (χ2v) is 6.15. The minimum absolute atomic E-state index is 0.282. The summed E-state index contributed by atoms with van der Waals surface area (Å²) < 4.78 is 6.88. The molecule has 4 heteroatoms. The highest BCUT2D eigenvalue weighted by Crippen LogP contribution is 2.23. The van der Waals surface area contributed by atoms with E-state index < -0.39 is 0 Å². The maximum Gasteiger partial charge on any atom is 0.118 e. The average Bonchev–Trinajstić information content (AvgIpc) is 2.85. The summed E-state index contributed by atoms with van der Waals surface area (Å²) in [5.74, 6) is 2.96. The molecule has 0 spiro atoms. The summed E-state index contributed by atoms with van der Waals surface area (Å²) in [7, 11) is 0. The Labute approximate surface area is 127 Å². The van der Waals surface area contributed by atoms with Crippen LogP contribution in [-0.2, 0) is 12.3 Å². The summed E-state index contributed by atoms with van der Waals surface area (Å²) >= 11 is 5.35. The van der Waals surface area contributed by atoms with Crippen LogP contribution in [0.3, 0.4) is 0 Å². The number of hydrogen-bond acceptors (Lipinski definition) is 3. The first-order valence-corrected chi connectivity index (χ1v) is 8.43. The molecule has 0 unspecified atom stereocenters.